The van der Waals surface area contributed by atoms with E-state index >= 15 is 0 Å². The van der Waals surface area contributed by atoms with Crippen molar-refractivity contribution in [2.24, 2.45) is 5.92 Å². The molecule has 0 saturated carbocycles. The molecule has 0 aromatic carbocycles. The summed E-state index contributed by atoms with van der Waals surface area (Å²) >= 11 is 0. The Hall–Kier alpha value is -1.46. The molecule has 1 aromatic heterocycles. The van der Waals surface area contributed by atoms with Gasteiger partial charge in [-0.2, -0.15) is 0 Å². The molecule has 2 saturated heterocycles. The molecular weight excluding hydrogens is 254 g/mol. The topological polar surface area (TPSA) is 45.7 Å². The summed E-state index contributed by atoms with van der Waals surface area (Å²) in [5.74, 6) is 0.217. The second-order valence-corrected chi connectivity index (χ2v) is 5.93. The van der Waals surface area contributed by atoms with Gasteiger partial charge in [0, 0.05) is 46.1 Å². The molecule has 5 heteroatoms. The molecule has 0 aliphatic carbocycles. The lowest BCUT2D eigenvalue weighted by molar-refractivity contribution is -0.136. The average molecular weight is 275 g/mol. The van der Waals surface area contributed by atoms with E-state index in [-0.39, 0.29) is 24.0 Å². The van der Waals surface area contributed by atoms with E-state index in [0.717, 1.165) is 26.1 Å². The summed E-state index contributed by atoms with van der Waals surface area (Å²) in [6.07, 6.45) is 4.78. The van der Waals surface area contributed by atoms with Crippen LogP contribution in [0.4, 0.5) is 0 Å². The molecule has 1 aromatic rings. The van der Waals surface area contributed by atoms with Crippen LogP contribution >= 0.6 is 0 Å². The highest BCUT2D eigenvalue weighted by molar-refractivity contribution is 5.79. The van der Waals surface area contributed by atoms with Crippen LogP contribution < -0.4 is 0 Å². The van der Waals surface area contributed by atoms with Crippen molar-refractivity contribution in [1.82, 2.24) is 14.8 Å². The standard InChI is InChI=1S/C15H21N3O2/c1-17(2)15(19)13-6-12-9-18(10-14(13)20-12)8-11-4-3-5-16-7-11/h3-5,7,12-14H,6,8-10H2,1-2H3/t12-,13-,14+/m0/s1. The summed E-state index contributed by atoms with van der Waals surface area (Å²) in [5, 5.41) is 0. The fourth-order valence-electron chi connectivity index (χ4n) is 3.21. The van der Waals surface area contributed by atoms with Crippen molar-refractivity contribution >= 4 is 5.91 Å². The van der Waals surface area contributed by atoms with Crippen molar-refractivity contribution < 1.29 is 9.53 Å². The molecule has 0 radical (unpaired) electrons. The van der Waals surface area contributed by atoms with Crippen LogP contribution in [0.2, 0.25) is 0 Å². The Morgan fingerprint density at radius 3 is 3.05 bits per heavy atom. The number of ether oxygens (including phenoxy) is 1. The van der Waals surface area contributed by atoms with E-state index in [2.05, 4.69) is 16.0 Å². The Balaban J connectivity index is 1.65. The van der Waals surface area contributed by atoms with Crippen LogP contribution in [0, 0.1) is 5.92 Å². The Bertz CT molecular complexity index is 477. The summed E-state index contributed by atoms with van der Waals surface area (Å²) in [5.41, 5.74) is 1.21. The van der Waals surface area contributed by atoms with E-state index in [1.54, 1.807) is 11.1 Å². The SMILES string of the molecule is CN(C)C(=O)[C@H]1C[C@H]2CN(Cc3cccnc3)C[C@H]1O2. The third kappa shape index (κ3) is 2.69. The number of fused-ring (bicyclic) bond motifs is 2. The van der Waals surface area contributed by atoms with Crippen molar-refractivity contribution in [3.63, 3.8) is 0 Å². The van der Waals surface area contributed by atoms with Gasteiger partial charge < -0.3 is 9.64 Å². The van der Waals surface area contributed by atoms with Crippen LogP contribution in [0.3, 0.4) is 0 Å². The predicted molar refractivity (Wildman–Crippen MR) is 75.0 cm³/mol. The van der Waals surface area contributed by atoms with Gasteiger partial charge in [-0.3, -0.25) is 14.7 Å². The van der Waals surface area contributed by atoms with Gasteiger partial charge in [0.05, 0.1) is 18.1 Å². The number of morpholine rings is 1. The Kier molecular flexibility index (Phi) is 3.72. The van der Waals surface area contributed by atoms with Crippen LogP contribution in [-0.2, 0) is 16.1 Å². The van der Waals surface area contributed by atoms with Crippen LogP contribution in [0.5, 0.6) is 0 Å². The maximum absolute atomic E-state index is 12.2. The molecule has 2 bridgehead atoms. The molecule has 3 heterocycles. The average Bonchev–Trinajstić information content (AvgIpc) is 2.74. The van der Waals surface area contributed by atoms with E-state index in [4.69, 9.17) is 4.74 Å². The summed E-state index contributed by atoms with van der Waals surface area (Å²) < 4.78 is 5.94. The first kappa shape index (κ1) is 13.5. The zero-order chi connectivity index (χ0) is 14.1. The first-order valence-electron chi connectivity index (χ1n) is 7.11. The first-order chi connectivity index (χ1) is 9.63. The zero-order valence-electron chi connectivity index (χ0n) is 12.0. The van der Waals surface area contributed by atoms with Crippen molar-refractivity contribution in [3.05, 3.63) is 30.1 Å². The van der Waals surface area contributed by atoms with Crippen LogP contribution in [0.25, 0.3) is 0 Å². The summed E-state index contributed by atoms with van der Waals surface area (Å²) in [4.78, 5) is 20.4. The fourth-order valence-corrected chi connectivity index (χ4v) is 3.21. The minimum absolute atomic E-state index is 0.0221. The number of likely N-dealkylation sites (tertiary alicyclic amines) is 1. The van der Waals surface area contributed by atoms with Gasteiger partial charge in [-0.1, -0.05) is 6.07 Å². The van der Waals surface area contributed by atoms with E-state index in [9.17, 15) is 4.79 Å². The van der Waals surface area contributed by atoms with E-state index in [1.807, 2.05) is 26.4 Å². The number of hydrogen-bond donors (Lipinski definition) is 0. The number of nitrogens with zero attached hydrogens (tertiary/aromatic N) is 3. The molecule has 108 valence electrons. The molecule has 3 atom stereocenters. The van der Waals surface area contributed by atoms with Gasteiger partial charge in [0.1, 0.15) is 0 Å². The number of aromatic nitrogens is 1. The van der Waals surface area contributed by atoms with Crippen LogP contribution in [0.15, 0.2) is 24.5 Å². The smallest absolute Gasteiger partial charge is 0.227 e. The quantitative estimate of drug-likeness (QED) is 0.817. The summed E-state index contributed by atoms with van der Waals surface area (Å²) in [7, 11) is 3.63. The summed E-state index contributed by atoms with van der Waals surface area (Å²) in [6, 6.07) is 4.05. The number of pyridine rings is 1. The lowest BCUT2D eigenvalue weighted by atomic mass is 9.99. The molecular formula is C15H21N3O2. The van der Waals surface area contributed by atoms with Gasteiger partial charge in [0.2, 0.25) is 5.91 Å². The largest absolute Gasteiger partial charge is 0.371 e. The zero-order valence-corrected chi connectivity index (χ0v) is 12.0. The van der Waals surface area contributed by atoms with E-state index < -0.39 is 0 Å². The molecule has 0 N–H and O–H groups in total. The van der Waals surface area contributed by atoms with Crippen molar-refractivity contribution in [3.8, 4) is 0 Å². The molecule has 0 unspecified atom stereocenters. The molecule has 2 aliphatic heterocycles. The second kappa shape index (κ2) is 5.50. The molecule has 3 rings (SSSR count). The fraction of sp³-hybridized carbons (Fsp3) is 0.600. The van der Waals surface area contributed by atoms with Crippen LogP contribution in [0.1, 0.15) is 12.0 Å². The van der Waals surface area contributed by atoms with Crippen LogP contribution in [-0.4, -0.2) is 60.1 Å². The predicted octanol–water partition coefficient (Wildman–Crippen LogP) is 0.759. The van der Waals surface area contributed by atoms with Crippen molar-refractivity contribution in [2.75, 3.05) is 27.2 Å². The molecule has 20 heavy (non-hydrogen) atoms. The lowest BCUT2D eigenvalue weighted by Gasteiger charge is -2.32. The third-order valence-electron chi connectivity index (χ3n) is 4.12. The number of hydrogen-bond acceptors (Lipinski definition) is 4. The normalized spacial score (nSPS) is 29.4. The van der Waals surface area contributed by atoms with Crippen molar-refractivity contribution in [2.45, 2.75) is 25.2 Å². The monoisotopic (exact) mass is 275 g/mol. The molecule has 0 spiro atoms. The number of carbonyl (C=O) groups excluding carboxylic acids is 1. The van der Waals surface area contributed by atoms with Gasteiger partial charge in [0.25, 0.3) is 0 Å². The first-order valence-corrected chi connectivity index (χ1v) is 7.11. The Morgan fingerprint density at radius 1 is 1.50 bits per heavy atom. The Morgan fingerprint density at radius 2 is 2.35 bits per heavy atom. The van der Waals surface area contributed by atoms with Gasteiger partial charge in [-0.15, -0.1) is 0 Å². The number of amides is 1. The highest BCUT2D eigenvalue weighted by atomic mass is 16.5. The molecule has 5 nitrogen and oxygen atoms in total. The minimum atomic E-state index is 0.0221. The second-order valence-electron chi connectivity index (χ2n) is 5.93. The number of rotatable bonds is 3. The molecule has 2 aliphatic rings. The maximum atomic E-state index is 12.2. The number of carbonyl (C=O) groups is 1. The Labute approximate surface area is 119 Å². The maximum Gasteiger partial charge on any atom is 0.227 e. The van der Waals surface area contributed by atoms with Gasteiger partial charge in [0.15, 0.2) is 0 Å². The minimum Gasteiger partial charge on any atom is -0.371 e. The van der Waals surface area contributed by atoms with E-state index in [0.29, 0.717) is 0 Å². The molecule has 2 fully saturated rings. The third-order valence-corrected chi connectivity index (χ3v) is 4.12. The highest BCUT2D eigenvalue weighted by Gasteiger charge is 2.44. The van der Waals surface area contributed by atoms with Gasteiger partial charge in [-0.05, 0) is 18.1 Å². The lowest BCUT2D eigenvalue weighted by Crippen LogP contribution is -2.44. The van der Waals surface area contributed by atoms with Crippen molar-refractivity contribution in [1.29, 1.82) is 0 Å². The van der Waals surface area contributed by atoms with Gasteiger partial charge >= 0.3 is 0 Å². The molecule has 1 amide bonds. The van der Waals surface area contributed by atoms with Gasteiger partial charge in [-0.25, -0.2) is 0 Å². The highest BCUT2D eigenvalue weighted by Crippen LogP contribution is 2.33. The van der Waals surface area contributed by atoms with E-state index in [1.165, 1.54) is 5.56 Å². The summed E-state index contributed by atoms with van der Waals surface area (Å²) in [6.45, 7) is 2.62.